The molecule has 1 saturated carbocycles. The number of rotatable bonds is 6. The van der Waals surface area contributed by atoms with Crippen LogP contribution in [0.1, 0.15) is 68.6 Å². The number of hydrogen-bond donors (Lipinski definition) is 1. The van der Waals surface area contributed by atoms with E-state index < -0.39 is 0 Å². The van der Waals surface area contributed by atoms with Crippen LogP contribution >= 0.6 is 11.3 Å². The molecule has 0 saturated heterocycles. The number of nitrogens with zero attached hydrogens (tertiary/aromatic N) is 1. The van der Waals surface area contributed by atoms with Crippen molar-refractivity contribution in [3.8, 4) is 0 Å². The zero-order chi connectivity index (χ0) is 12.8. The average Bonchev–Trinajstić information content (AvgIpc) is 2.82. The van der Waals surface area contributed by atoms with Crippen molar-refractivity contribution < 1.29 is 0 Å². The molecule has 3 heteroatoms. The average molecular weight is 266 g/mol. The van der Waals surface area contributed by atoms with Crippen molar-refractivity contribution in [2.75, 3.05) is 6.54 Å². The first-order valence-electron chi connectivity index (χ1n) is 7.45. The van der Waals surface area contributed by atoms with Crippen molar-refractivity contribution >= 4 is 11.3 Å². The zero-order valence-electron chi connectivity index (χ0n) is 11.7. The van der Waals surface area contributed by atoms with Gasteiger partial charge in [0.25, 0.3) is 0 Å². The number of aromatic nitrogens is 1. The Morgan fingerprint density at radius 1 is 1.39 bits per heavy atom. The summed E-state index contributed by atoms with van der Waals surface area (Å²) in [6.45, 7) is 5.44. The summed E-state index contributed by atoms with van der Waals surface area (Å²) in [7, 11) is 0. The molecule has 2 rings (SSSR count). The molecule has 1 unspecified atom stereocenters. The fraction of sp³-hybridized carbons (Fsp3) is 0.800. The van der Waals surface area contributed by atoms with Crippen molar-refractivity contribution in [2.24, 2.45) is 5.92 Å². The molecule has 1 aromatic rings. The molecule has 1 fully saturated rings. The van der Waals surface area contributed by atoms with E-state index in [0.29, 0.717) is 6.04 Å². The maximum absolute atomic E-state index is 4.69. The number of nitrogens with one attached hydrogen (secondary N) is 1. The molecule has 1 atom stereocenters. The highest BCUT2D eigenvalue weighted by atomic mass is 32.1. The lowest BCUT2D eigenvalue weighted by atomic mass is 9.85. The Bertz CT molecular complexity index is 342. The monoisotopic (exact) mass is 266 g/mol. The Balaban J connectivity index is 1.95. The Morgan fingerprint density at radius 3 is 2.78 bits per heavy atom. The van der Waals surface area contributed by atoms with Gasteiger partial charge in [0.15, 0.2) is 0 Å². The van der Waals surface area contributed by atoms with Gasteiger partial charge in [-0.2, -0.15) is 0 Å². The summed E-state index contributed by atoms with van der Waals surface area (Å²) in [5.74, 6) is 0.914. The minimum atomic E-state index is 0.492. The van der Waals surface area contributed by atoms with Gasteiger partial charge in [0.05, 0.1) is 6.04 Å². The van der Waals surface area contributed by atoms with E-state index >= 15 is 0 Å². The highest BCUT2D eigenvalue weighted by Crippen LogP contribution is 2.32. The third-order valence-corrected chi connectivity index (χ3v) is 4.95. The quantitative estimate of drug-likeness (QED) is 0.822. The highest BCUT2D eigenvalue weighted by Gasteiger charge is 2.21. The molecule has 1 aliphatic rings. The van der Waals surface area contributed by atoms with Crippen LogP contribution in [0.25, 0.3) is 0 Å². The maximum Gasteiger partial charge on any atom is 0.110 e. The Hall–Kier alpha value is -0.410. The molecular formula is C15H26N2S. The molecule has 0 bridgehead atoms. The van der Waals surface area contributed by atoms with E-state index in [0.717, 1.165) is 12.5 Å². The molecule has 1 aromatic heterocycles. The maximum atomic E-state index is 4.69. The topological polar surface area (TPSA) is 24.9 Å². The van der Waals surface area contributed by atoms with Gasteiger partial charge in [-0.3, -0.25) is 0 Å². The van der Waals surface area contributed by atoms with E-state index in [9.17, 15) is 0 Å². The van der Waals surface area contributed by atoms with Gasteiger partial charge in [0, 0.05) is 11.1 Å². The van der Waals surface area contributed by atoms with Gasteiger partial charge in [-0.1, -0.05) is 39.0 Å². The van der Waals surface area contributed by atoms with Crippen LogP contribution in [0, 0.1) is 12.8 Å². The van der Waals surface area contributed by atoms with Crippen molar-refractivity contribution in [3.05, 3.63) is 16.1 Å². The lowest BCUT2D eigenvalue weighted by molar-refractivity contribution is 0.299. The van der Waals surface area contributed by atoms with Crippen LogP contribution in [-0.4, -0.2) is 11.5 Å². The number of hydrogen-bond acceptors (Lipinski definition) is 3. The van der Waals surface area contributed by atoms with Crippen molar-refractivity contribution in [3.63, 3.8) is 0 Å². The molecule has 0 spiro atoms. The minimum Gasteiger partial charge on any atom is -0.308 e. The Labute approximate surface area is 115 Å². The second-order valence-corrected chi connectivity index (χ2v) is 6.46. The second-order valence-electron chi connectivity index (χ2n) is 5.57. The van der Waals surface area contributed by atoms with Crippen LogP contribution in [-0.2, 0) is 0 Å². The van der Waals surface area contributed by atoms with Crippen LogP contribution in [0.3, 0.4) is 0 Å². The summed E-state index contributed by atoms with van der Waals surface area (Å²) >= 11 is 1.82. The van der Waals surface area contributed by atoms with E-state index in [1.54, 1.807) is 0 Å². The van der Waals surface area contributed by atoms with Crippen LogP contribution in [0.2, 0.25) is 0 Å². The Morgan fingerprint density at radius 2 is 2.17 bits per heavy atom. The van der Waals surface area contributed by atoms with E-state index in [-0.39, 0.29) is 0 Å². The SMILES string of the molecule is CCCNC(CC1CCCCC1)c1nc(C)cs1. The number of thiazole rings is 1. The number of aryl methyl sites for hydroxylation is 1. The molecule has 2 nitrogen and oxygen atoms in total. The van der Waals surface area contributed by atoms with Gasteiger partial charge in [-0.05, 0) is 32.2 Å². The lowest BCUT2D eigenvalue weighted by Crippen LogP contribution is -2.25. The summed E-state index contributed by atoms with van der Waals surface area (Å²) < 4.78 is 0. The molecule has 0 radical (unpaired) electrons. The van der Waals surface area contributed by atoms with Gasteiger partial charge in [-0.15, -0.1) is 11.3 Å². The minimum absolute atomic E-state index is 0.492. The van der Waals surface area contributed by atoms with E-state index in [1.807, 2.05) is 11.3 Å². The molecule has 1 heterocycles. The summed E-state index contributed by atoms with van der Waals surface area (Å²) in [6, 6.07) is 0.492. The van der Waals surface area contributed by atoms with Crippen LogP contribution in [0.5, 0.6) is 0 Å². The fourth-order valence-corrected chi connectivity index (χ4v) is 3.76. The molecular weight excluding hydrogens is 240 g/mol. The third-order valence-electron chi connectivity index (χ3n) is 3.87. The van der Waals surface area contributed by atoms with Crippen molar-refractivity contribution in [1.29, 1.82) is 0 Å². The third kappa shape index (κ3) is 4.06. The highest BCUT2D eigenvalue weighted by molar-refractivity contribution is 7.09. The van der Waals surface area contributed by atoms with E-state index in [4.69, 9.17) is 0 Å². The van der Waals surface area contributed by atoms with E-state index in [1.165, 1.54) is 55.6 Å². The smallest absolute Gasteiger partial charge is 0.110 e. The second kappa shape index (κ2) is 7.25. The first kappa shape index (κ1) is 14.0. The summed E-state index contributed by atoms with van der Waals surface area (Å²) in [4.78, 5) is 4.69. The Kier molecular flexibility index (Phi) is 5.64. The summed E-state index contributed by atoms with van der Waals surface area (Å²) in [6.07, 6.45) is 9.64. The van der Waals surface area contributed by atoms with Crippen LogP contribution in [0.4, 0.5) is 0 Å². The van der Waals surface area contributed by atoms with Crippen LogP contribution in [0.15, 0.2) is 5.38 Å². The van der Waals surface area contributed by atoms with Gasteiger partial charge in [0.1, 0.15) is 5.01 Å². The molecule has 1 N–H and O–H groups in total. The zero-order valence-corrected chi connectivity index (χ0v) is 12.6. The van der Waals surface area contributed by atoms with Crippen molar-refractivity contribution in [1.82, 2.24) is 10.3 Å². The molecule has 18 heavy (non-hydrogen) atoms. The first-order valence-corrected chi connectivity index (χ1v) is 8.33. The van der Waals surface area contributed by atoms with Gasteiger partial charge < -0.3 is 5.32 Å². The fourth-order valence-electron chi connectivity index (χ4n) is 2.88. The standard InChI is InChI=1S/C15H26N2S/c1-3-9-16-14(15-17-12(2)11-18-15)10-13-7-5-4-6-8-13/h11,13-14,16H,3-10H2,1-2H3. The predicted octanol–water partition coefficient (Wildman–Crippen LogP) is 4.46. The largest absolute Gasteiger partial charge is 0.308 e. The molecule has 0 aromatic carbocycles. The van der Waals surface area contributed by atoms with Gasteiger partial charge in [0.2, 0.25) is 0 Å². The normalized spacial score (nSPS) is 19.0. The first-order chi connectivity index (χ1) is 8.79. The predicted molar refractivity (Wildman–Crippen MR) is 79.1 cm³/mol. The molecule has 0 aliphatic heterocycles. The summed E-state index contributed by atoms with van der Waals surface area (Å²) in [5.41, 5.74) is 1.17. The molecule has 1 aliphatic carbocycles. The molecule has 0 amide bonds. The van der Waals surface area contributed by atoms with Gasteiger partial charge in [-0.25, -0.2) is 4.98 Å². The van der Waals surface area contributed by atoms with E-state index in [2.05, 4.69) is 29.5 Å². The summed E-state index contributed by atoms with van der Waals surface area (Å²) in [5, 5.41) is 7.17. The van der Waals surface area contributed by atoms with Crippen molar-refractivity contribution in [2.45, 2.75) is 64.8 Å². The molecule has 102 valence electrons. The van der Waals surface area contributed by atoms with Gasteiger partial charge >= 0.3 is 0 Å². The van der Waals surface area contributed by atoms with Crippen LogP contribution < -0.4 is 5.32 Å². The lowest BCUT2D eigenvalue weighted by Gasteiger charge is -2.26.